The molecule has 0 aromatic heterocycles. The average molecular weight is 450 g/mol. The predicted octanol–water partition coefficient (Wildman–Crippen LogP) is 4.22. The Kier molecular flexibility index (Phi) is 5.93. The van der Waals surface area contributed by atoms with Crippen LogP contribution in [-0.2, 0) is 9.53 Å². The molecule has 4 amide bonds. The molecule has 1 unspecified atom stereocenters. The molecule has 0 spiro atoms. The van der Waals surface area contributed by atoms with Gasteiger partial charge in [-0.25, -0.2) is 9.69 Å². The van der Waals surface area contributed by atoms with Gasteiger partial charge in [0, 0.05) is 12.2 Å². The molecule has 172 valence electrons. The fourth-order valence-corrected chi connectivity index (χ4v) is 4.12. The van der Waals surface area contributed by atoms with Crippen LogP contribution in [0, 0.1) is 0 Å². The van der Waals surface area contributed by atoms with Crippen LogP contribution in [0.2, 0.25) is 0 Å². The first-order valence-corrected chi connectivity index (χ1v) is 11.0. The van der Waals surface area contributed by atoms with Crippen molar-refractivity contribution in [2.75, 3.05) is 16.8 Å². The molecule has 0 radical (unpaired) electrons. The van der Waals surface area contributed by atoms with E-state index in [4.69, 9.17) is 4.74 Å². The van der Waals surface area contributed by atoms with Crippen LogP contribution < -0.4 is 10.2 Å². The van der Waals surface area contributed by atoms with Crippen molar-refractivity contribution in [2.45, 2.75) is 51.7 Å². The highest BCUT2D eigenvalue weighted by molar-refractivity contribution is 6.34. The van der Waals surface area contributed by atoms with E-state index in [1.165, 1.54) is 4.90 Å². The average Bonchev–Trinajstić information content (AvgIpc) is 3.03. The zero-order valence-corrected chi connectivity index (χ0v) is 19.0. The quantitative estimate of drug-likeness (QED) is 0.708. The van der Waals surface area contributed by atoms with Crippen LogP contribution in [0.1, 0.15) is 60.7 Å². The zero-order chi connectivity index (χ0) is 23.8. The summed E-state index contributed by atoms with van der Waals surface area (Å²) in [4.78, 5) is 53.8. The number of likely N-dealkylation sites (tertiary alicyclic amines) is 1. The normalized spacial score (nSPS) is 18.2. The summed E-state index contributed by atoms with van der Waals surface area (Å²) in [6.07, 6.45) is 1.65. The second-order valence-electron chi connectivity index (χ2n) is 9.22. The summed E-state index contributed by atoms with van der Waals surface area (Å²) in [6.45, 7) is 5.81. The van der Waals surface area contributed by atoms with Gasteiger partial charge in [0.15, 0.2) is 0 Å². The lowest BCUT2D eigenvalue weighted by molar-refractivity contribution is -0.122. The van der Waals surface area contributed by atoms with Crippen LogP contribution in [0.5, 0.6) is 0 Å². The molecule has 8 heteroatoms. The monoisotopic (exact) mass is 449 g/mol. The van der Waals surface area contributed by atoms with E-state index in [-0.39, 0.29) is 5.91 Å². The number of nitrogens with zero attached hydrogens (tertiary/aromatic N) is 2. The van der Waals surface area contributed by atoms with Gasteiger partial charge in [0.2, 0.25) is 5.91 Å². The molecule has 1 N–H and O–H groups in total. The van der Waals surface area contributed by atoms with Crippen LogP contribution in [0.15, 0.2) is 48.5 Å². The lowest BCUT2D eigenvalue weighted by Crippen LogP contribution is -2.51. The molecule has 2 aromatic rings. The number of hydrogen-bond acceptors (Lipinski definition) is 5. The van der Waals surface area contributed by atoms with Gasteiger partial charge in [-0.3, -0.25) is 19.3 Å². The summed E-state index contributed by atoms with van der Waals surface area (Å²) < 4.78 is 5.47. The highest BCUT2D eigenvalue weighted by Gasteiger charge is 2.37. The van der Waals surface area contributed by atoms with Gasteiger partial charge in [0.1, 0.15) is 11.6 Å². The molecule has 2 aromatic carbocycles. The van der Waals surface area contributed by atoms with Crippen molar-refractivity contribution in [3.8, 4) is 0 Å². The number of carbonyl (C=O) groups excluding carboxylic acids is 4. The first kappa shape index (κ1) is 22.5. The van der Waals surface area contributed by atoms with Gasteiger partial charge >= 0.3 is 6.09 Å². The second kappa shape index (κ2) is 8.69. The Morgan fingerprint density at radius 1 is 0.970 bits per heavy atom. The van der Waals surface area contributed by atoms with Gasteiger partial charge in [0.25, 0.3) is 11.8 Å². The van der Waals surface area contributed by atoms with E-state index >= 15 is 0 Å². The van der Waals surface area contributed by atoms with Crippen molar-refractivity contribution in [3.05, 3.63) is 59.7 Å². The van der Waals surface area contributed by atoms with Gasteiger partial charge in [0.05, 0.1) is 16.8 Å². The Morgan fingerprint density at radius 2 is 1.64 bits per heavy atom. The predicted molar refractivity (Wildman–Crippen MR) is 123 cm³/mol. The standard InChI is InChI=1S/C25H27N3O5/c1-25(2,3)33-24(32)27-14-7-6-13-20(27)21(29)26-16-9-8-10-17(15-16)28-22(30)18-11-4-5-12-19(18)23(28)31/h4-5,8-12,15,20H,6-7,13-14H2,1-3H3,(H,26,29). The Balaban J connectivity index is 1.51. The molecule has 2 aliphatic rings. The number of anilines is 2. The minimum atomic E-state index is -0.656. The van der Waals surface area contributed by atoms with E-state index in [0.717, 1.165) is 17.7 Å². The Hall–Kier alpha value is -3.68. The maximum absolute atomic E-state index is 13.1. The summed E-state index contributed by atoms with van der Waals surface area (Å²) in [5, 5.41) is 2.84. The first-order valence-electron chi connectivity index (χ1n) is 11.0. The number of amides is 4. The summed E-state index contributed by atoms with van der Waals surface area (Å²) in [5.41, 5.74) is 0.853. The van der Waals surface area contributed by atoms with E-state index in [9.17, 15) is 19.2 Å². The van der Waals surface area contributed by atoms with Gasteiger partial charge in [-0.15, -0.1) is 0 Å². The topological polar surface area (TPSA) is 96.0 Å². The number of imide groups is 1. The molecule has 33 heavy (non-hydrogen) atoms. The van der Waals surface area contributed by atoms with E-state index in [0.29, 0.717) is 35.5 Å². The molecule has 0 bridgehead atoms. The van der Waals surface area contributed by atoms with Crippen LogP contribution in [0.25, 0.3) is 0 Å². The number of hydrogen-bond donors (Lipinski definition) is 1. The lowest BCUT2D eigenvalue weighted by Gasteiger charge is -2.35. The third kappa shape index (κ3) is 4.60. The Morgan fingerprint density at radius 3 is 2.27 bits per heavy atom. The molecule has 1 fully saturated rings. The number of fused-ring (bicyclic) bond motifs is 1. The Bertz CT molecular complexity index is 1090. The third-order valence-corrected chi connectivity index (χ3v) is 5.60. The van der Waals surface area contributed by atoms with Gasteiger partial charge in [-0.05, 0) is 70.4 Å². The lowest BCUT2D eigenvalue weighted by atomic mass is 10.0. The number of piperidine rings is 1. The molecule has 0 aliphatic carbocycles. The van der Waals surface area contributed by atoms with Crippen molar-refractivity contribution in [3.63, 3.8) is 0 Å². The maximum atomic E-state index is 13.1. The number of carbonyl (C=O) groups is 4. The van der Waals surface area contributed by atoms with E-state index in [1.54, 1.807) is 69.3 Å². The highest BCUT2D eigenvalue weighted by Crippen LogP contribution is 2.30. The van der Waals surface area contributed by atoms with Gasteiger partial charge in [-0.2, -0.15) is 0 Å². The number of ether oxygens (including phenoxy) is 1. The molecule has 2 heterocycles. The minimum absolute atomic E-state index is 0.333. The molecule has 0 saturated carbocycles. The maximum Gasteiger partial charge on any atom is 0.410 e. The minimum Gasteiger partial charge on any atom is -0.444 e. The highest BCUT2D eigenvalue weighted by atomic mass is 16.6. The molecular weight excluding hydrogens is 422 g/mol. The smallest absolute Gasteiger partial charge is 0.410 e. The fourth-order valence-electron chi connectivity index (χ4n) is 4.12. The van der Waals surface area contributed by atoms with Crippen molar-refractivity contribution >= 4 is 35.2 Å². The summed E-state index contributed by atoms with van der Waals surface area (Å²) in [5.74, 6) is -1.13. The van der Waals surface area contributed by atoms with Crippen molar-refractivity contribution < 1.29 is 23.9 Å². The van der Waals surface area contributed by atoms with Crippen molar-refractivity contribution in [2.24, 2.45) is 0 Å². The summed E-state index contributed by atoms with van der Waals surface area (Å²) >= 11 is 0. The van der Waals surface area contributed by atoms with Crippen LogP contribution in [0.3, 0.4) is 0 Å². The second-order valence-corrected chi connectivity index (χ2v) is 9.22. The van der Waals surface area contributed by atoms with E-state index in [2.05, 4.69) is 5.32 Å². The van der Waals surface area contributed by atoms with Crippen molar-refractivity contribution in [1.82, 2.24) is 4.90 Å². The molecule has 1 saturated heterocycles. The summed E-state index contributed by atoms with van der Waals surface area (Å²) in [7, 11) is 0. The zero-order valence-electron chi connectivity index (χ0n) is 19.0. The number of nitrogens with one attached hydrogen (secondary N) is 1. The largest absolute Gasteiger partial charge is 0.444 e. The SMILES string of the molecule is CC(C)(C)OC(=O)N1CCCCC1C(=O)Nc1cccc(N2C(=O)c3ccccc3C2=O)c1. The van der Waals surface area contributed by atoms with E-state index < -0.39 is 29.6 Å². The van der Waals surface area contributed by atoms with Crippen LogP contribution >= 0.6 is 0 Å². The summed E-state index contributed by atoms with van der Waals surface area (Å²) in [6, 6.07) is 12.6. The molecular formula is C25H27N3O5. The first-order chi connectivity index (χ1) is 15.7. The van der Waals surface area contributed by atoms with Gasteiger partial charge in [-0.1, -0.05) is 18.2 Å². The number of benzene rings is 2. The van der Waals surface area contributed by atoms with Crippen LogP contribution in [-0.4, -0.2) is 46.9 Å². The number of rotatable bonds is 3. The molecule has 2 aliphatic heterocycles. The molecule has 8 nitrogen and oxygen atoms in total. The van der Waals surface area contributed by atoms with E-state index in [1.807, 2.05) is 0 Å². The molecule has 1 atom stereocenters. The molecule has 4 rings (SSSR count). The van der Waals surface area contributed by atoms with Gasteiger partial charge < -0.3 is 10.1 Å². The third-order valence-electron chi connectivity index (χ3n) is 5.60. The Labute approximate surface area is 192 Å². The fraction of sp³-hybridized carbons (Fsp3) is 0.360. The van der Waals surface area contributed by atoms with Crippen molar-refractivity contribution in [1.29, 1.82) is 0 Å². The van der Waals surface area contributed by atoms with Crippen LogP contribution in [0.4, 0.5) is 16.2 Å².